The van der Waals surface area contributed by atoms with Gasteiger partial charge in [0.1, 0.15) is 5.84 Å². The molecule has 0 amide bonds. The highest BCUT2D eigenvalue weighted by Crippen LogP contribution is 2.21. The molecule has 0 aliphatic heterocycles. The van der Waals surface area contributed by atoms with Gasteiger partial charge in [-0.2, -0.15) is 0 Å². The van der Waals surface area contributed by atoms with E-state index in [1.165, 1.54) is 4.88 Å². The summed E-state index contributed by atoms with van der Waals surface area (Å²) in [7, 11) is 2.05. The summed E-state index contributed by atoms with van der Waals surface area (Å²) in [6.45, 7) is 3.62. The summed E-state index contributed by atoms with van der Waals surface area (Å²) in [4.78, 5) is 7.71. The molecule has 0 bridgehead atoms. The van der Waals surface area contributed by atoms with E-state index < -0.39 is 0 Å². The van der Waals surface area contributed by atoms with Gasteiger partial charge < -0.3 is 5.73 Å². The van der Waals surface area contributed by atoms with E-state index >= 15 is 0 Å². The van der Waals surface area contributed by atoms with E-state index in [1.807, 2.05) is 31.6 Å². The topological polar surface area (TPSA) is 66.0 Å². The van der Waals surface area contributed by atoms with Crippen LogP contribution in [-0.2, 0) is 13.1 Å². The molecular formula is C14H17ClN4S. The number of hydrogen-bond donors (Lipinski definition) is 2. The molecule has 2 aromatic rings. The average Bonchev–Trinajstić information content (AvgIpc) is 2.77. The molecular weight excluding hydrogens is 292 g/mol. The van der Waals surface area contributed by atoms with E-state index in [9.17, 15) is 0 Å². The van der Waals surface area contributed by atoms with Crippen molar-refractivity contribution in [3.05, 3.63) is 50.4 Å². The smallest absolute Gasteiger partial charge is 0.122 e. The normalized spacial score (nSPS) is 11.0. The van der Waals surface area contributed by atoms with Crippen molar-refractivity contribution < 1.29 is 0 Å². The number of nitrogens with zero attached hydrogens (tertiary/aromatic N) is 2. The van der Waals surface area contributed by atoms with E-state index in [-0.39, 0.29) is 5.84 Å². The van der Waals surface area contributed by atoms with Gasteiger partial charge in [-0.3, -0.25) is 10.3 Å². The Hall–Kier alpha value is -1.43. The molecule has 3 N–H and O–H groups in total. The standard InChI is InChI=1S/C14H17ClN4S/c1-9-13(20-8-18-9)7-19(2)6-11-4-3-10(14(16)17)5-12(11)15/h3-5,8H,6-7H2,1-2H3,(H3,16,17). The second-order valence-corrected chi connectivity index (χ2v) is 6.10. The summed E-state index contributed by atoms with van der Waals surface area (Å²) < 4.78 is 0. The molecule has 0 spiro atoms. The number of aromatic nitrogens is 1. The van der Waals surface area contributed by atoms with Crippen LogP contribution in [0.15, 0.2) is 23.7 Å². The van der Waals surface area contributed by atoms with Crippen LogP contribution < -0.4 is 5.73 Å². The number of thiazole rings is 1. The van der Waals surface area contributed by atoms with Gasteiger partial charge in [-0.25, -0.2) is 4.98 Å². The lowest BCUT2D eigenvalue weighted by atomic mass is 10.1. The summed E-state index contributed by atoms with van der Waals surface area (Å²) in [5, 5.41) is 8.05. The van der Waals surface area contributed by atoms with Crippen molar-refractivity contribution in [2.24, 2.45) is 5.73 Å². The second kappa shape index (κ2) is 6.35. The highest BCUT2D eigenvalue weighted by Gasteiger charge is 2.09. The van der Waals surface area contributed by atoms with Crippen LogP contribution in [0.5, 0.6) is 0 Å². The van der Waals surface area contributed by atoms with Gasteiger partial charge in [0, 0.05) is 28.6 Å². The fourth-order valence-electron chi connectivity index (χ4n) is 1.91. The number of rotatable bonds is 5. The summed E-state index contributed by atoms with van der Waals surface area (Å²) in [6, 6.07) is 5.50. The predicted octanol–water partition coefficient (Wildman–Crippen LogP) is 3.02. The van der Waals surface area contributed by atoms with Crippen LogP contribution >= 0.6 is 22.9 Å². The van der Waals surface area contributed by atoms with Crippen LogP contribution in [0.4, 0.5) is 0 Å². The molecule has 0 saturated carbocycles. The molecule has 0 saturated heterocycles. The number of hydrogen-bond acceptors (Lipinski definition) is 4. The van der Waals surface area contributed by atoms with Crippen LogP contribution in [0.2, 0.25) is 5.02 Å². The molecule has 0 atom stereocenters. The zero-order valence-corrected chi connectivity index (χ0v) is 13.1. The van der Waals surface area contributed by atoms with Crippen LogP contribution in [0.25, 0.3) is 0 Å². The van der Waals surface area contributed by atoms with E-state index in [0.717, 1.165) is 24.3 Å². The zero-order chi connectivity index (χ0) is 14.7. The quantitative estimate of drug-likeness (QED) is 0.659. The molecule has 0 unspecified atom stereocenters. The maximum Gasteiger partial charge on any atom is 0.122 e. The first-order chi connectivity index (χ1) is 9.47. The maximum atomic E-state index is 7.40. The molecule has 0 radical (unpaired) electrons. The van der Waals surface area contributed by atoms with E-state index in [0.29, 0.717) is 10.6 Å². The SMILES string of the molecule is Cc1ncsc1CN(C)Cc1ccc(C(=N)N)cc1Cl. The molecule has 4 nitrogen and oxygen atoms in total. The number of nitrogen functional groups attached to an aromatic ring is 1. The molecule has 20 heavy (non-hydrogen) atoms. The summed E-state index contributed by atoms with van der Waals surface area (Å²) in [5.41, 5.74) is 10.1. The van der Waals surface area contributed by atoms with Crippen molar-refractivity contribution in [1.29, 1.82) is 5.41 Å². The lowest BCUT2D eigenvalue weighted by Crippen LogP contribution is -2.18. The summed E-state index contributed by atoms with van der Waals surface area (Å²) in [5.74, 6) is 0.0343. The third kappa shape index (κ3) is 3.56. The number of benzene rings is 1. The Labute approximate surface area is 127 Å². The molecule has 1 aromatic carbocycles. The highest BCUT2D eigenvalue weighted by molar-refractivity contribution is 7.09. The highest BCUT2D eigenvalue weighted by atomic mass is 35.5. The third-order valence-corrected chi connectivity index (χ3v) is 4.33. The van der Waals surface area contributed by atoms with Crippen LogP contribution in [0.3, 0.4) is 0 Å². The van der Waals surface area contributed by atoms with Gasteiger partial charge in [-0.1, -0.05) is 23.7 Å². The Balaban J connectivity index is 2.06. The van der Waals surface area contributed by atoms with Crippen molar-refractivity contribution in [3.63, 3.8) is 0 Å². The lowest BCUT2D eigenvalue weighted by molar-refractivity contribution is 0.321. The van der Waals surface area contributed by atoms with Crippen molar-refractivity contribution in [1.82, 2.24) is 9.88 Å². The fraction of sp³-hybridized carbons (Fsp3) is 0.286. The van der Waals surface area contributed by atoms with Gasteiger partial charge in [-0.05, 0) is 25.6 Å². The number of halogens is 1. The van der Waals surface area contributed by atoms with Gasteiger partial charge in [0.15, 0.2) is 0 Å². The van der Waals surface area contributed by atoms with Crippen molar-refractivity contribution >= 4 is 28.8 Å². The molecule has 1 heterocycles. The van der Waals surface area contributed by atoms with E-state index in [2.05, 4.69) is 9.88 Å². The van der Waals surface area contributed by atoms with Crippen molar-refractivity contribution in [2.75, 3.05) is 7.05 Å². The Morgan fingerprint density at radius 3 is 2.75 bits per heavy atom. The van der Waals surface area contributed by atoms with Crippen molar-refractivity contribution in [2.45, 2.75) is 20.0 Å². The third-order valence-electron chi connectivity index (χ3n) is 3.06. The minimum Gasteiger partial charge on any atom is -0.384 e. The summed E-state index contributed by atoms with van der Waals surface area (Å²) in [6.07, 6.45) is 0. The first-order valence-corrected chi connectivity index (χ1v) is 7.43. The molecule has 106 valence electrons. The van der Waals surface area contributed by atoms with Crippen molar-refractivity contribution in [3.8, 4) is 0 Å². The zero-order valence-electron chi connectivity index (χ0n) is 11.5. The molecule has 0 fully saturated rings. The minimum atomic E-state index is 0.0343. The van der Waals surface area contributed by atoms with Crippen LogP contribution in [0.1, 0.15) is 21.7 Å². The fourth-order valence-corrected chi connectivity index (χ4v) is 3.01. The maximum absolute atomic E-state index is 7.40. The Bertz CT molecular complexity index is 623. The Morgan fingerprint density at radius 2 is 2.20 bits per heavy atom. The minimum absolute atomic E-state index is 0.0343. The summed E-state index contributed by atoms with van der Waals surface area (Å²) >= 11 is 7.91. The molecule has 2 rings (SSSR count). The molecule has 6 heteroatoms. The molecule has 0 aliphatic carbocycles. The van der Waals surface area contributed by atoms with Crippen LogP contribution in [-0.4, -0.2) is 22.8 Å². The van der Waals surface area contributed by atoms with Gasteiger partial charge in [-0.15, -0.1) is 11.3 Å². The van der Waals surface area contributed by atoms with Crippen LogP contribution in [0, 0.1) is 12.3 Å². The second-order valence-electron chi connectivity index (χ2n) is 4.75. The monoisotopic (exact) mass is 308 g/mol. The average molecular weight is 309 g/mol. The first-order valence-electron chi connectivity index (χ1n) is 6.17. The number of nitrogens with two attached hydrogens (primary N) is 1. The Kier molecular flexibility index (Phi) is 4.75. The van der Waals surface area contributed by atoms with E-state index in [1.54, 1.807) is 17.4 Å². The molecule has 1 aromatic heterocycles. The van der Waals surface area contributed by atoms with Gasteiger partial charge in [0.25, 0.3) is 0 Å². The number of nitrogens with one attached hydrogen (secondary N) is 1. The largest absolute Gasteiger partial charge is 0.384 e. The molecule has 0 aliphatic rings. The van der Waals surface area contributed by atoms with Gasteiger partial charge in [0.2, 0.25) is 0 Å². The number of aryl methyl sites for hydroxylation is 1. The Morgan fingerprint density at radius 1 is 1.45 bits per heavy atom. The number of amidine groups is 1. The first kappa shape index (κ1) is 15.0. The van der Waals surface area contributed by atoms with Gasteiger partial charge in [0.05, 0.1) is 11.2 Å². The van der Waals surface area contributed by atoms with Gasteiger partial charge >= 0.3 is 0 Å². The predicted molar refractivity (Wildman–Crippen MR) is 84.5 cm³/mol. The van der Waals surface area contributed by atoms with E-state index in [4.69, 9.17) is 22.7 Å². The lowest BCUT2D eigenvalue weighted by Gasteiger charge is -2.17.